The molecule has 1 heteroatoms. The van der Waals surface area contributed by atoms with Crippen molar-refractivity contribution in [2.24, 2.45) is 0 Å². The van der Waals surface area contributed by atoms with Crippen LogP contribution < -0.4 is 4.90 Å². The Morgan fingerprint density at radius 1 is 0.484 bits per heavy atom. The first-order chi connectivity index (χ1) is 15.4. The number of anilines is 1. The minimum absolute atomic E-state index is 1.21. The molecule has 0 atom stereocenters. The lowest BCUT2D eigenvalue weighted by molar-refractivity contribution is 0.549. The summed E-state index contributed by atoms with van der Waals surface area (Å²) >= 11 is 0. The van der Waals surface area contributed by atoms with Crippen LogP contribution in [-0.2, 0) is 0 Å². The van der Waals surface area contributed by atoms with Crippen LogP contribution in [0.25, 0.3) is 10.8 Å². The predicted octanol–water partition coefficient (Wildman–Crippen LogP) is 9.93. The van der Waals surface area contributed by atoms with E-state index in [4.69, 9.17) is 0 Å². The Hall–Kier alpha value is -1.50. The molecule has 31 heavy (non-hydrogen) atoms. The maximum Gasteiger partial charge on any atom is 0.0445 e. The second-order valence-corrected chi connectivity index (χ2v) is 9.44. The number of benzene rings is 2. The molecule has 0 unspecified atom stereocenters. The lowest BCUT2D eigenvalue weighted by Gasteiger charge is -2.26. The molecule has 0 aliphatic carbocycles. The highest BCUT2D eigenvalue weighted by molar-refractivity contribution is 5.94. The van der Waals surface area contributed by atoms with Crippen molar-refractivity contribution in [1.29, 1.82) is 0 Å². The number of hydrogen-bond donors (Lipinski definition) is 0. The topological polar surface area (TPSA) is 3.24 Å². The molecule has 0 saturated carbocycles. The molecule has 0 heterocycles. The van der Waals surface area contributed by atoms with E-state index in [0.29, 0.717) is 0 Å². The predicted molar refractivity (Wildman–Crippen MR) is 141 cm³/mol. The van der Waals surface area contributed by atoms with Gasteiger partial charge < -0.3 is 4.90 Å². The number of hydrogen-bond acceptors (Lipinski definition) is 1. The summed E-state index contributed by atoms with van der Waals surface area (Å²) in [5.74, 6) is 0. The Kier molecular flexibility index (Phi) is 14.2. The maximum absolute atomic E-state index is 2.69. The average molecular weight is 424 g/mol. The van der Waals surface area contributed by atoms with Crippen molar-refractivity contribution in [1.82, 2.24) is 0 Å². The van der Waals surface area contributed by atoms with Gasteiger partial charge in [-0.15, -0.1) is 0 Å². The van der Waals surface area contributed by atoms with Crippen LogP contribution in [0.4, 0.5) is 5.69 Å². The van der Waals surface area contributed by atoms with Gasteiger partial charge in [-0.25, -0.2) is 0 Å². The van der Waals surface area contributed by atoms with Crippen LogP contribution in [0.1, 0.15) is 117 Å². The van der Waals surface area contributed by atoms with Crippen molar-refractivity contribution in [3.63, 3.8) is 0 Å². The third-order valence-corrected chi connectivity index (χ3v) is 6.67. The SMILES string of the molecule is CCCCCCCCCCCCN(CCCCCCCC)c1cccc2ccccc12. The van der Waals surface area contributed by atoms with E-state index in [9.17, 15) is 0 Å². The van der Waals surface area contributed by atoms with Gasteiger partial charge in [0.1, 0.15) is 0 Å². The van der Waals surface area contributed by atoms with Crippen LogP contribution in [-0.4, -0.2) is 13.1 Å². The second-order valence-electron chi connectivity index (χ2n) is 9.44. The number of nitrogens with zero attached hydrogens (tertiary/aromatic N) is 1. The van der Waals surface area contributed by atoms with Gasteiger partial charge in [-0.3, -0.25) is 0 Å². The van der Waals surface area contributed by atoms with Crippen LogP contribution in [0, 0.1) is 0 Å². The van der Waals surface area contributed by atoms with E-state index < -0.39 is 0 Å². The minimum Gasteiger partial charge on any atom is -0.371 e. The minimum atomic E-state index is 1.21. The molecule has 0 spiro atoms. The van der Waals surface area contributed by atoms with Gasteiger partial charge >= 0.3 is 0 Å². The highest BCUT2D eigenvalue weighted by atomic mass is 15.1. The Labute approximate surface area is 193 Å². The Balaban J connectivity index is 1.78. The van der Waals surface area contributed by atoms with Crippen molar-refractivity contribution in [2.45, 2.75) is 117 Å². The smallest absolute Gasteiger partial charge is 0.0445 e. The second kappa shape index (κ2) is 17.1. The Morgan fingerprint density at radius 2 is 0.935 bits per heavy atom. The summed E-state index contributed by atoms with van der Waals surface area (Å²) in [6.07, 6.45) is 22.3. The highest BCUT2D eigenvalue weighted by Crippen LogP contribution is 2.27. The lowest BCUT2D eigenvalue weighted by Crippen LogP contribution is -2.26. The van der Waals surface area contributed by atoms with Crippen LogP contribution >= 0.6 is 0 Å². The van der Waals surface area contributed by atoms with Crippen molar-refractivity contribution >= 4 is 16.5 Å². The number of unbranched alkanes of at least 4 members (excludes halogenated alkanes) is 14. The largest absolute Gasteiger partial charge is 0.371 e. The van der Waals surface area contributed by atoms with Gasteiger partial charge in [0.15, 0.2) is 0 Å². The fourth-order valence-electron chi connectivity index (χ4n) is 4.71. The zero-order valence-corrected chi connectivity index (χ0v) is 20.7. The summed E-state index contributed by atoms with van der Waals surface area (Å²) in [6.45, 7) is 7.01. The van der Waals surface area contributed by atoms with Gasteiger partial charge in [-0.2, -0.15) is 0 Å². The summed E-state index contributed by atoms with van der Waals surface area (Å²) in [6, 6.07) is 15.7. The van der Waals surface area contributed by atoms with Gasteiger partial charge in [0, 0.05) is 24.2 Å². The van der Waals surface area contributed by atoms with Crippen LogP contribution in [0.5, 0.6) is 0 Å². The molecule has 0 N–H and O–H groups in total. The molecule has 2 aromatic rings. The van der Waals surface area contributed by atoms with E-state index >= 15 is 0 Å². The molecule has 0 saturated heterocycles. The quantitative estimate of drug-likeness (QED) is 0.203. The Morgan fingerprint density at radius 3 is 1.48 bits per heavy atom. The van der Waals surface area contributed by atoms with Gasteiger partial charge in [-0.05, 0) is 24.3 Å². The molecule has 0 aromatic heterocycles. The third kappa shape index (κ3) is 10.6. The van der Waals surface area contributed by atoms with Gasteiger partial charge in [0.05, 0.1) is 0 Å². The average Bonchev–Trinajstić information content (AvgIpc) is 2.81. The van der Waals surface area contributed by atoms with Crippen molar-refractivity contribution in [3.05, 3.63) is 42.5 Å². The monoisotopic (exact) mass is 423 g/mol. The first-order valence-electron chi connectivity index (χ1n) is 13.6. The zero-order valence-electron chi connectivity index (χ0n) is 20.7. The number of fused-ring (bicyclic) bond motifs is 1. The van der Waals surface area contributed by atoms with Crippen molar-refractivity contribution < 1.29 is 0 Å². The molecule has 0 fully saturated rings. The van der Waals surface area contributed by atoms with Crippen molar-refractivity contribution in [2.75, 3.05) is 18.0 Å². The molecular formula is C30H49N. The normalized spacial score (nSPS) is 11.3. The summed E-state index contributed by atoms with van der Waals surface area (Å²) < 4.78 is 0. The Bertz CT molecular complexity index is 672. The summed E-state index contributed by atoms with van der Waals surface area (Å²) in [5.41, 5.74) is 1.45. The molecule has 2 aromatic carbocycles. The molecule has 174 valence electrons. The first-order valence-corrected chi connectivity index (χ1v) is 13.6. The molecule has 2 rings (SSSR count). The lowest BCUT2D eigenvalue weighted by atomic mass is 10.0. The first kappa shape index (κ1) is 25.8. The fourth-order valence-corrected chi connectivity index (χ4v) is 4.71. The van der Waals surface area contributed by atoms with E-state index in [1.54, 1.807) is 0 Å². The molecule has 0 aliphatic heterocycles. The standard InChI is InChI=1S/C30H49N/c1-3-5-7-9-11-12-13-14-16-20-27-31(26-19-15-10-8-6-4-2)30-25-21-23-28-22-17-18-24-29(28)30/h17-18,21-25H,3-16,19-20,26-27H2,1-2H3. The molecule has 0 bridgehead atoms. The third-order valence-electron chi connectivity index (χ3n) is 6.67. The molecule has 1 nitrogen and oxygen atoms in total. The van der Waals surface area contributed by atoms with Crippen LogP contribution in [0.3, 0.4) is 0 Å². The van der Waals surface area contributed by atoms with E-state index in [0.717, 1.165) is 0 Å². The maximum atomic E-state index is 2.69. The van der Waals surface area contributed by atoms with Gasteiger partial charge in [-0.1, -0.05) is 140 Å². The molecular weight excluding hydrogens is 374 g/mol. The van der Waals surface area contributed by atoms with E-state index in [1.165, 1.54) is 132 Å². The molecule has 0 amide bonds. The fraction of sp³-hybridized carbons (Fsp3) is 0.667. The van der Waals surface area contributed by atoms with E-state index in [-0.39, 0.29) is 0 Å². The number of rotatable bonds is 19. The summed E-state index contributed by atoms with van der Waals surface area (Å²) in [4.78, 5) is 2.69. The van der Waals surface area contributed by atoms with Crippen LogP contribution in [0.2, 0.25) is 0 Å². The molecule has 0 radical (unpaired) electrons. The summed E-state index contributed by atoms with van der Waals surface area (Å²) in [5, 5.41) is 2.79. The van der Waals surface area contributed by atoms with Crippen molar-refractivity contribution in [3.8, 4) is 0 Å². The van der Waals surface area contributed by atoms with E-state index in [1.807, 2.05) is 0 Å². The zero-order chi connectivity index (χ0) is 22.0. The summed E-state index contributed by atoms with van der Waals surface area (Å²) in [7, 11) is 0. The van der Waals surface area contributed by atoms with E-state index in [2.05, 4.69) is 61.2 Å². The highest BCUT2D eigenvalue weighted by Gasteiger charge is 2.10. The van der Waals surface area contributed by atoms with Crippen LogP contribution in [0.15, 0.2) is 42.5 Å². The van der Waals surface area contributed by atoms with Gasteiger partial charge in [0.2, 0.25) is 0 Å². The molecule has 0 aliphatic rings. The van der Waals surface area contributed by atoms with Gasteiger partial charge in [0.25, 0.3) is 0 Å².